The fraction of sp³-hybridized carbons (Fsp3) is 0.154. The van der Waals surface area contributed by atoms with Crippen molar-refractivity contribution in [1.29, 1.82) is 0 Å². The molecule has 2 heterocycles. The third kappa shape index (κ3) is 2.32. The van der Waals surface area contributed by atoms with Crippen LogP contribution in [0.2, 0.25) is 0 Å². The van der Waals surface area contributed by atoms with Gasteiger partial charge in [-0.25, -0.2) is 14.4 Å². The van der Waals surface area contributed by atoms with Gasteiger partial charge in [0.1, 0.15) is 23.0 Å². The van der Waals surface area contributed by atoms with E-state index in [1.165, 1.54) is 24.2 Å². The molecule has 0 aliphatic carbocycles. The minimum Gasteiger partial charge on any atom is -0.365 e. The number of hydrogen-bond acceptors (Lipinski definition) is 5. The van der Waals surface area contributed by atoms with Crippen LogP contribution in [0.3, 0.4) is 0 Å². The first-order chi connectivity index (χ1) is 9.79. The van der Waals surface area contributed by atoms with Gasteiger partial charge in [0.05, 0.1) is 5.39 Å². The number of halogens is 1. The summed E-state index contributed by atoms with van der Waals surface area (Å²) in [7, 11) is 0. The van der Waals surface area contributed by atoms with Gasteiger partial charge in [-0.05, 0) is 12.3 Å². The lowest BCUT2D eigenvalue weighted by atomic mass is 10.2. The second-order valence-corrected chi connectivity index (χ2v) is 4.92. The number of fused-ring (bicyclic) bond motifs is 1. The van der Waals surface area contributed by atoms with Gasteiger partial charge in [-0.15, -0.1) is 11.8 Å². The van der Waals surface area contributed by atoms with E-state index >= 15 is 0 Å². The van der Waals surface area contributed by atoms with Crippen LogP contribution in [-0.2, 0) is 6.54 Å². The van der Waals surface area contributed by atoms with E-state index in [4.69, 9.17) is 0 Å². The van der Waals surface area contributed by atoms with E-state index in [0.29, 0.717) is 23.6 Å². The lowest BCUT2D eigenvalue weighted by Gasteiger charge is -2.07. The van der Waals surface area contributed by atoms with Crippen LogP contribution >= 0.6 is 11.8 Å². The van der Waals surface area contributed by atoms with Crippen LogP contribution in [-0.4, -0.2) is 26.4 Å². The molecule has 0 bridgehead atoms. The average molecular weight is 289 g/mol. The van der Waals surface area contributed by atoms with E-state index in [1.54, 1.807) is 18.2 Å². The van der Waals surface area contributed by atoms with Gasteiger partial charge in [-0.2, -0.15) is 5.10 Å². The summed E-state index contributed by atoms with van der Waals surface area (Å²) in [6, 6.07) is 6.66. The van der Waals surface area contributed by atoms with Gasteiger partial charge < -0.3 is 5.32 Å². The van der Waals surface area contributed by atoms with Gasteiger partial charge in [0, 0.05) is 12.1 Å². The van der Waals surface area contributed by atoms with E-state index in [9.17, 15) is 4.39 Å². The molecule has 3 rings (SSSR count). The van der Waals surface area contributed by atoms with Crippen LogP contribution in [0.5, 0.6) is 0 Å². The third-order valence-electron chi connectivity index (χ3n) is 2.92. The lowest BCUT2D eigenvalue weighted by Crippen LogP contribution is -2.04. The zero-order chi connectivity index (χ0) is 13.9. The molecule has 3 aromatic rings. The molecule has 0 saturated heterocycles. The Morgan fingerprint density at radius 2 is 2.15 bits per heavy atom. The predicted molar refractivity (Wildman–Crippen MR) is 77.2 cm³/mol. The van der Waals surface area contributed by atoms with E-state index in [2.05, 4.69) is 25.5 Å². The highest BCUT2D eigenvalue weighted by Gasteiger charge is 2.12. The SMILES string of the molecule is CSc1n[nH]c2ncnc(NCc3ccccc3F)c12. The van der Waals surface area contributed by atoms with E-state index in [1.807, 2.05) is 6.26 Å². The largest absolute Gasteiger partial charge is 0.365 e. The molecule has 0 spiro atoms. The summed E-state index contributed by atoms with van der Waals surface area (Å²) in [6.07, 6.45) is 3.39. The van der Waals surface area contributed by atoms with Crippen molar-refractivity contribution < 1.29 is 4.39 Å². The standard InChI is InChI=1S/C13H12FN5S/c1-20-13-10-11(16-7-17-12(10)18-19-13)15-6-8-4-2-3-5-9(8)14/h2-5,7H,6H2,1H3,(H2,15,16,17,18,19). The molecule has 0 atom stereocenters. The van der Waals surface area contributed by atoms with Crippen molar-refractivity contribution in [2.45, 2.75) is 11.6 Å². The van der Waals surface area contributed by atoms with Crippen LogP contribution in [0.4, 0.5) is 10.2 Å². The summed E-state index contributed by atoms with van der Waals surface area (Å²) >= 11 is 1.51. The number of rotatable bonds is 4. The van der Waals surface area contributed by atoms with Gasteiger partial charge in [-0.1, -0.05) is 18.2 Å². The molecule has 2 N–H and O–H groups in total. The number of aromatic nitrogens is 4. The molecule has 0 saturated carbocycles. The number of aromatic amines is 1. The Hall–Kier alpha value is -2.15. The van der Waals surface area contributed by atoms with Crippen LogP contribution < -0.4 is 5.32 Å². The molecule has 102 valence electrons. The summed E-state index contributed by atoms with van der Waals surface area (Å²) in [4.78, 5) is 8.34. The Morgan fingerprint density at radius 3 is 2.95 bits per heavy atom. The zero-order valence-corrected chi connectivity index (χ0v) is 11.5. The molecule has 1 aromatic carbocycles. The molecular formula is C13H12FN5S. The van der Waals surface area contributed by atoms with Gasteiger partial charge in [0.25, 0.3) is 0 Å². The molecule has 7 heteroatoms. The normalized spacial score (nSPS) is 10.9. The van der Waals surface area contributed by atoms with Crippen molar-refractivity contribution in [2.75, 3.05) is 11.6 Å². The molecule has 0 aliphatic heterocycles. The summed E-state index contributed by atoms with van der Waals surface area (Å²) in [5.74, 6) is 0.416. The van der Waals surface area contributed by atoms with E-state index in [0.717, 1.165) is 10.4 Å². The second kappa shape index (κ2) is 5.46. The fourth-order valence-corrected chi connectivity index (χ4v) is 2.47. The van der Waals surface area contributed by atoms with Gasteiger partial charge in [-0.3, -0.25) is 5.10 Å². The molecular weight excluding hydrogens is 277 g/mol. The quantitative estimate of drug-likeness (QED) is 0.723. The fourth-order valence-electron chi connectivity index (χ4n) is 1.94. The Kier molecular flexibility index (Phi) is 3.51. The Bertz CT molecular complexity index is 742. The molecule has 2 aromatic heterocycles. The van der Waals surface area contributed by atoms with Crippen molar-refractivity contribution in [3.63, 3.8) is 0 Å². The number of thioether (sulfide) groups is 1. The molecule has 5 nitrogen and oxygen atoms in total. The number of anilines is 1. The van der Waals surface area contributed by atoms with Gasteiger partial charge >= 0.3 is 0 Å². The molecule has 20 heavy (non-hydrogen) atoms. The van der Waals surface area contributed by atoms with Gasteiger partial charge in [0.15, 0.2) is 5.65 Å². The predicted octanol–water partition coefficient (Wildman–Crippen LogP) is 2.83. The third-order valence-corrected chi connectivity index (χ3v) is 3.60. The molecule has 0 aliphatic rings. The second-order valence-electron chi connectivity index (χ2n) is 4.12. The molecule has 0 fully saturated rings. The molecule has 0 radical (unpaired) electrons. The van der Waals surface area contributed by atoms with Crippen molar-refractivity contribution in [3.8, 4) is 0 Å². The smallest absolute Gasteiger partial charge is 0.161 e. The summed E-state index contributed by atoms with van der Waals surface area (Å²) in [5.41, 5.74) is 1.26. The monoisotopic (exact) mass is 289 g/mol. The minimum atomic E-state index is -0.234. The Balaban J connectivity index is 1.91. The average Bonchev–Trinajstić information content (AvgIpc) is 2.90. The topological polar surface area (TPSA) is 66.5 Å². The highest BCUT2D eigenvalue weighted by molar-refractivity contribution is 7.98. The van der Waals surface area contributed by atoms with E-state index in [-0.39, 0.29) is 5.82 Å². The highest BCUT2D eigenvalue weighted by atomic mass is 32.2. The summed E-state index contributed by atoms with van der Waals surface area (Å²) in [6.45, 7) is 0.359. The van der Waals surface area contributed by atoms with Crippen LogP contribution in [0, 0.1) is 5.82 Å². The van der Waals surface area contributed by atoms with Crippen molar-refractivity contribution >= 4 is 28.6 Å². The van der Waals surface area contributed by atoms with Crippen LogP contribution in [0.1, 0.15) is 5.56 Å². The number of hydrogen-bond donors (Lipinski definition) is 2. The van der Waals surface area contributed by atoms with E-state index < -0.39 is 0 Å². The number of benzene rings is 1. The molecule has 0 amide bonds. The highest BCUT2D eigenvalue weighted by Crippen LogP contribution is 2.27. The van der Waals surface area contributed by atoms with Gasteiger partial charge in [0.2, 0.25) is 0 Å². The molecule has 0 unspecified atom stereocenters. The van der Waals surface area contributed by atoms with Crippen molar-refractivity contribution in [1.82, 2.24) is 20.2 Å². The Labute approximate surface area is 119 Å². The minimum absolute atomic E-state index is 0.234. The number of H-pyrrole nitrogens is 1. The maximum absolute atomic E-state index is 13.6. The first-order valence-corrected chi connectivity index (χ1v) is 7.22. The maximum Gasteiger partial charge on any atom is 0.161 e. The number of nitrogens with one attached hydrogen (secondary N) is 2. The van der Waals surface area contributed by atoms with Crippen molar-refractivity contribution in [3.05, 3.63) is 42.0 Å². The van der Waals surface area contributed by atoms with Crippen molar-refractivity contribution in [2.24, 2.45) is 0 Å². The summed E-state index contributed by atoms with van der Waals surface area (Å²) in [5, 5.41) is 11.8. The van der Waals surface area contributed by atoms with Crippen LogP contribution in [0.25, 0.3) is 11.0 Å². The lowest BCUT2D eigenvalue weighted by molar-refractivity contribution is 0.613. The number of nitrogens with zero attached hydrogens (tertiary/aromatic N) is 3. The Morgan fingerprint density at radius 1 is 1.30 bits per heavy atom. The first kappa shape index (κ1) is 12.9. The maximum atomic E-state index is 13.6. The van der Waals surface area contributed by atoms with Crippen LogP contribution in [0.15, 0.2) is 35.6 Å². The summed E-state index contributed by atoms with van der Waals surface area (Å²) < 4.78 is 13.6. The zero-order valence-electron chi connectivity index (χ0n) is 10.7. The first-order valence-electron chi connectivity index (χ1n) is 6.00.